The molecule has 0 unspecified atom stereocenters. The molecule has 35 heavy (non-hydrogen) atoms. The Bertz CT molecular complexity index is 1230. The number of benzene rings is 3. The zero-order valence-corrected chi connectivity index (χ0v) is 21.0. The average Bonchev–Trinajstić information content (AvgIpc) is 3.16. The van der Waals surface area contributed by atoms with E-state index >= 15 is 0 Å². The van der Waals surface area contributed by atoms with E-state index in [4.69, 9.17) is 25.8 Å². The number of nitrogens with zero attached hydrogens (tertiary/aromatic N) is 2. The third kappa shape index (κ3) is 6.25. The molecule has 0 spiro atoms. The topological polar surface area (TPSA) is 60.4 Å². The van der Waals surface area contributed by atoms with E-state index in [1.165, 1.54) is 11.8 Å². The second-order valence-electron chi connectivity index (χ2n) is 7.60. The van der Waals surface area contributed by atoms with Crippen molar-refractivity contribution >= 4 is 46.2 Å². The molecular weight excluding hydrogens is 484 g/mol. The summed E-state index contributed by atoms with van der Waals surface area (Å²) < 4.78 is 16.7. The smallest absolute Gasteiger partial charge is 0.266 e. The highest BCUT2D eigenvalue weighted by Gasteiger charge is 2.33. The van der Waals surface area contributed by atoms with Crippen LogP contribution in [0.15, 0.2) is 82.7 Å². The Hall–Kier alpha value is -3.26. The molecule has 0 bridgehead atoms. The second kappa shape index (κ2) is 11.9. The van der Waals surface area contributed by atoms with Crippen molar-refractivity contribution in [2.75, 3.05) is 27.4 Å². The molecule has 6 nitrogen and oxygen atoms in total. The van der Waals surface area contributed by atoms with Crippen LogP contribution in [0.25, 0.3) is 6.08 Å². The zero-order valence-electron chi connectivity index (χ0n) is 19.4. The molecule has 1 aliphatic heterocycles. The summed E-state index contributed by atoms with van der Waals surface area (Å²) in [7, 11) is 3.17. The van der Waals surface area contributed by atoms with Crippen molar-refractivity contribution < 1.29 is 19.0 Å². The molecular formula is C27H25ClN2O4S. The highest BCUT2D eigenvalue weighted by Crippen LogP contribution is 2.39. The molecule has 3 aromatic rings. The van der Waals surface area contributed by atoms with Crippen LogP contribution in [-0.2, 0) is 16.1 Å². The Morgan fingerprint density at radius 1 is 1.03 bits per heavy atom. The van der Waals surface area contributed by atoms with Gasteiger partial charge in [-0.15, -0.1) is 0 Å². The third-order valence-corrected chi connectivity index (χ3v) is 6.45. The summed E-state index contributed by atoms with van der Waals surface area (Å²) in [6.07, 6.45) is 1.79. The van der Waals surface area contributed by atoms with Crippen LogP contribution in [-0.4, -0.2) is 43.3 Å². The minimum Gasteiger partial charge on any atom is -0.493 e. The molecule has 0 aliphatic carbocycles. The maximum atomic E-state index is 13.2. The van der Waals surface area contributed by atoms with Crippen LogP contribution in [0, 0.1) is 0 Å². The van der Waals surface area contributed by atoms with Crippen molar-refractivity contribution in [2.45, 2.75) is 6.61 Å². The number of carbonyl (C=O) groups is 1. The molecule has 0 N–H and O–H groups in total. The lowest BCUT2D eigenvalue weighted by molar-refractivity contribution is -0.122. The van der Waals surface area contributed by atoms with Gasteiger partial charge in [-0.1, -0.05) is 60.1 Å². The number of ether oxygens (including phenoxy) is 3. The first-order valence-corrected chi connectivity index (χ1v) is 12.2. The Balaban J connectivity index is 1.60. The lowest BCUT2D eigenvalue weighted by Gasteiger charge is -2.14. The normalized spacial score (nSPS) is 15.7. The van der Waals surface area contributed by atoms with E-state index in [1.807, 2.05) is 60.7 Å². The Labute approximate surface area is 214 Å². The number of thioether (sulfide) groups is 1. The van der Waals surface area contributed by atoms with Crippen molar-refractivity contribution in [2.24, 2.45) is 4.99 Å². The van der Waals surface area contributed by atoms with Crippen molar-refractivity contribution in [1.29, 1.82) is 0 Å². The zero-order chi connectivity index (χ0) is 24.6. The van der Waals surface area contributed by atoms with E-state index in [2.05, 4.69) is 4.99 Å². The SMILES string of the molecule is COCCN1C(=O)C(=Cc2cc(Cl)c(OCc3ccccc3)c(OC)c2)SC1=Nc1ccccc1. The molecule has 0 aromatic heterocycles. The standard InChI is InChI=1S/C27H25ClN2O4S/c1-32-14-13-30-26(31)24(35-27(30)29-21-11-7-4-8-12-21)17-20-15-22(28)25(23(16-20)33-2)34-18-19-9-5-3-6-10-19/h3-12,15-17H,13-14,18H2,1-2H3. The number of methoxy groups -OCH3 is 2. The lowest BCUT2D eigenvalue weighted by Crippen LogP contribution is -2.32. The highest BCUT2D eigenvalue weighted by atomic mass is 35.5. The van der Waals surface area contributed by atoms with Gasteiger partial charge < -0.3 is 14.2 Å². The summed E-state index contributed by atoms with van der Waals surface area (Å²) in [4.78, 5) is 20.0. The Morgan fingerprint density at radius 2 is 1.74 bits per heavy atom. The molecule has 0 atom stereocenters. The van der Waals surface area contributed by atoms with E-state index < -0.39 is 0 Å². The number of amidine groups is 1. The van der Waals surface area contributed by atoms with Crippen LogP contribution in [0.3, 0.4) is 0 Å². The fourth-order valence-electron chi connectivity index (χ4n) is 3.43. The molecule has 1 saturated heterocycles. The minimum atomic E-state index is -0.138. The van der Waals surface area contributed by atoms with Crippen molar-refractivity contribution in [3.8, 4) is 11.5 Å². The van der Waals surface area contributed by atoms with Gasteiger partial charge in [0, 0.05) is 7.11 Å². The van der Waals surface area contributed by atoms with Crippen LogP contribution in [0.4, 0.5) is 5.69 Å². The summed E-state index contributed by atoms with van der Waals surface area (Å²) in [5.41, 5.74) is 2.52. The van der Waals surface area contributed by atoms with Gasteiger partial charge in [0.15, 0.2) is 16.7 Å². The predicted molar refractivity (Wildman–Crippen MR) is 141 cm³/mol. The first kappa shape index (κ1) is 24.9. The van der Waals surface area contributed by atoms with Crippen LogP contribution in [0.2, 0.25) is 5.02 Å². The first-order valence-electron chi connectivity index (χ1n) is 11.0. The minimum absolute atomic E-state index is 0.138. The number of halogens is 1. The van der Waals surface area contributed by atoms with Gasteiger partial charge in [-0.25, -0.2) is 4.99 Å². The van der Waals surface area contributed by atoms with E-state index in [9.17, 15) is 4.79 Å². The largest absolute Gasteiger partial charge is 0.493 e. The van der Waals surface area contributed by atoms with E-state index in [1.54, 1.807) is 37.3 Å². The molecule has 1 heterocycles. The van der Waals surface area contributed by atoms with E-state index in [-0.39, 0.29) is 5.91 Å². The van der Waals surface area contributed by atoms with Gasteiger partial charge in [0.2, 0.25) is 0 Å². The number of carbonyl (C=O) groups excluding carboxylic acids is 1. The van der Waals surface area contributed by atoms with E-state index in [0.29, 0.717) is 46.4 Å². The first-order chi connectivity index (χ1) is 17.1. The fraction of sp³-hybridized carbons (Fsp3) is 0.185. The Kier molecular flexibility index (Phi) is 8.47. The van der Waals surface area contributed by atoms with Crippen LogP contribution in [0.1, 0.15) is 11.1 Å². The van der Waals surface area contributed by atoms with Crippen molar-refractivity contribution in [3.63, 3.8) is 0 Å². The summed E-state index contributed by atoms with van der Waals surface area (Å²) in [5, 5.41) is 1.00. The van der Waals surface area contributed by atoms with Crippen LogP contribution in [0.5, 0.6) is 11.5 Å². The highest BCUT2D eigenvalue weighted by molar-refractivity contribution is 8.18. The predicted octanol–water partition coefficient (Wildman–Crippen LogP) is 6.18. The van der Waals surface area contributed by atoms with Gasteiger partial charge in [0.25, 0.3) is 5.91 Å². The number of amides is 1. The molecule has 0 radical (unpaired) electrons. The summed E-state index contributed by atoms with van der Waals surface area (Å²) in [6.45, 7) is 1.17. The molecule has 1 aliphatic rings. The van der Waals surface area contributed by atoms with Crippen LogP contribution < -0.4 is 9.47 Å². The summed E-state index contributed by atoms with van der Waals surface area (Å²) in [6, 6.07) is 22.9. The maximum absolute atomic E-state index is 13.2. The van der Waals surface area contributed by atoms with Crippen molar-refractivity contribution in [1.82, 2.24) is 4.90 Å². The van der Waals surface area contributed by atoms with Gasteiger partial charge in [-0.05, 0) is 53.2 Å². The molecule has 1 amide bonds. The molecule has 4 rings (SSSR count). The number of hydrogen-bond acceptors (Lipinski definition) is 6. The summed E-state index contributed by atoms with van der Waals surface area (Å²) in [5.74, 6) is 0.810. The van der Waals surface area contributed by atoms with E-state index in [0.717, 1.165) is 16.8 Å². The third-order valence-electron chi connectivity index (χ3n) is 5.16. The number of rotatable bonds is 9. The summed E-state index contributed by atoms with van der Waals surface area (Å²) >= 11 is 7.87. The quantitative estimate of drug-likeness (QED) is 0.323. The molecule has 0 saturated carbocycles. The molecule has 8 heteroatoms. The Morgan fingerprint density at radius 3 is 2.43 bits per heavy atom. The van der Waals surface area contributed by atoms with Gasteiger partial charge in [0.05, 0.1) is 35.9 Å². The van der Waals surface area contributed by atoms with Crippen LogP contribution >= 0.6 is 23.4 Å². The van der Waals surface area contributed by atoms with Gasteiger partial charge in [0.1, 0.15) is 6.61 Å². The molecule has 180 valence electrons. The number of aliphatic imine (C=N–C) groups is 1. The average molecular weight is 509 g/mol. The number of para-hydroxylation sites is 1. The molecule has 1 fully saturated rings. The van der Waals surface area contributed by atoms with Crippen molar-refractivity contribution in [3.05, 3.63) is 93.9 Å². The van der Waals surface area contributed by atoms with Gasteiger partial charge in [-0.2, -0.15) is 0 Å². The van der Waals surface area contributed by atoms with Gasteiger partial charge in [-0.3, -0.25) is 9.69 Å². The number of hydrogen-bond donors (Lipinski definition) is 0. The monoisotopic (exact) mass is 508 g/mol. The fourth-order valence-corrected chi connectivity index (χ4v) is 4.73. The lowest BCUT2D eigenvalue weighted by atomic mass is 10.1. The van der Waals surface area contributed by atoms with Gasteiger partial charge >= 0.3 is 0 Å². The molecule has 3 aromatic carbocycles. The maximum Gasteiger partial charge on any atom is 0.266 e. The second-order valence-corrected chi connectivity index (χ2v) is 9.01.